The number of aliphatic hydroxyl groups is 1. The highest BCUT2D eigenvalue weighted by Gasteiger charge is 2.21. The first-order chi connectivity index (χ1) is 7.51. The van der Waals surface area contributed by atoms with Crippen molar-refractivity contribution in [2.24, 2.45) is 0 Å². The summed E-state index contributed by atoms with van der Waals surface area (Å²) in [5, 5.41) is 8.93. The van der Waals surface area contributed by atoms with Crippen LogP contribution >= 0.6 is 0 Å². The fourth-order valence-corrected chi connectivity index (χ4v) is 2.56. The lowest BCUT2D eigenvalue weighted by Crippen LogP contribution is -2.37. The van der Waals surface area contributed by atoms with Gasteiger partial charge in [0.1, 0.15) is 10.7 Å². The van der Waals surface area contributed by atoms with E-state index in [9.17, 15) is 8.42 Å². The first-order valence-electron chi connectivity index (χ1n) is 4.85. The van der Waals surface area contributed by atoms with E-state index in [-0.39, 0.29) is 17.3 Å². The molecule has 0 aliphatic rings. The molecule has 16 heavy (non-hydrogen) atoms. The van der Waals surface area contributed by atoms with Crippen LogP contribution < -0.4 is 10.5 Å². The molecule has 0 saturated heterocycles. The molecule has 0 amide bonds. The van der Waals surface area contributed by atoms with E-state index in [1.807, 2.05) is 0 Å². The molecule has 4 N–H and O–H groups in total. The second kappa shape index (κ2) is 5.24. The van der Waals surface area contributed by atoms with Crippen LogP contribution in [-0.2, 0) is 10.0 Å². The van der Waals surface area contributed by atoms with Gasteiger partial charge in [0, 0.05) is 12.2 Å². The minimum absolute atomic E-state index is 0.0530. The minimum atomic E-state index is -3.71. The van der Waals surface area contributed by atoms with E-state index in [2.05, 4.69) is 9.71 Å². The summed E-state index contributed by atoms with van der Waals surface area (Å²) in [5.41, 5.74) is 5.47. The summed E-state index contributed by atoms with van der Waals surface area (Å²) < 4.78 is 26.0. The predicted octanol–water partition coefficient (Wildman–Crippen LogP) is -0.287. The van der Waals surface area contributed by atoms with Gasteiger partial charge in [-0.2, -0.15) is 0 Å². The second-order valence-corrected chi connectivity index (χ2v) is 4.98. The van der Waals surface area contributed by atoms with Gasteiger partial charge < -0.3 is 10.8 Å². The van der Waals surface area contributed by atoms with E-state index in [1.54, 1.807) is 6.92 Å². The smallest absolute Gasteiger partial charge is 0.244 e. The fourth-order valence-electron chi connectivity index (χ4n) is 1.16. The van der Waals surface area contributed by atoms with Crippen LogP contribution in [0.5, 0.6) is 0 Å². The van der Waals surface area contributed by atoms with Crippen LogP contribution in [0.15, 0.2) is 23.2 Å². The number of hydrogen-bond acceptors (Lipinski definition) is 5. The Labute approximate surface area is 94.6 Å². The van der Waals surface area contributed by atoms with Crippen LogP contribution in [0.1, 0.15) is 13.3 Å². The van der Waals surface area contributed by atoms with Gasteiger partial charge in [0.25, 0.3) is 0 Å². The van der Waals surface area contributed by atoms with Gasteiger partial charge in [-0.3, -0.25) is 0 Å². The molecule has 1 aromatic rings. The van der Waals surface area contributed by atoms with E-state index in [1.165, 1.54) is 18.3 Å². The summed E-state index contributed by atoms with van der Waals surface area (Å²) in [4.78, 5) is 3.63. The molecule has 0 radical (unpaired) electrons. The highest BCUT2D eigenvalue weighted by atomic mass is 32.2. The van der Waals surface area contributed by atoms with Crippen molar-refractivity contribution in [2.45, 2.75) is 24.3 Å². The lowest BCUT2D eigenvalue weighted by atomic mass is 10.3. The van der Waals surface area contributed by atoms with Crippen LogP contribution in [0.25, 0.3) is 0 Å². The Morgan fingerprint density at radius 1 is 1.62 bits per heavy atom. The molecule has 0 unspecified atom stereocenters. The van der Waals surface area contributed by atoms with Gasteiger partial charge in [-0.05, 0) is 18.6 Å². The molecule has 1 atom stereocenters. The fraction of sp³-hybridized carbons (Fsp3) is 0.444. The van der Waals surface area contributed by atoms with Gasteiger partial charge in [-0.15, -0.1) is 0 Å². The lowest BCUT2D eigenvalue weighted by Gasteiger charge is -2.14. The predicted molar refractivity (Wildman–Crippen MR) is 60.1 cm³/mol. The van der Waals surface area contributed by atoms with Crippen molar-refractivity contribution in [2.75, 3.05) is 12.3 Å². The Morgan fingerprint density at radius 2 is 2.31 bits per heavy atom. The number of pyridine rings is 1. The van der Waals surface area contributed by atoms with Gasteiger partial charge in [0.05, 0.1) is 6.61 Å². The van der Waals surface area contributed by atoms with Crippen molar-refractivity contribution >= 4 is 15.8 Å². The zero-order valence-electron chi connectivity index (χ0n) is 8.92. The quantitative estimate of drug-likeness (QED) is 0.661. The Hall–Kier alpha value is -1.18. The third kappa shape index (κ3) is 2.91. The SMILES string of the molecule is CC[C@H](CO)NS(=O)(=O)c1cccnc1N. The highest BCUT2D eigenvalue weighted by Crippen LogP contribution is 2.14. The molecule has 0 aliphatic heterocycles. The normalized spacial score (nSPS) is 13.6. The number of rotatable bonds is 5. The Kier molecular flexibility index (Phi) is 4.22. The molecule has 0 spiro atoms. The zero-order valence-corrected chi connectivity index (χ0v) is 9.74. The van der Waals surface area contributed by atoms with Crippen molar-refractivity contribution in [3.63, 3.8) is 0 Å². The van der Waals surface area contributed by atoms with Gasteiger partial charge in [0.2, 0.25) is 10.0 Å². The van der Waals surface area contributed by atoms with Crippen molar-refractivity contribution in [3.05, 3.63) is 18.3 Å². The maximum absolute atomic E-state index is 11.8. The summed E-state index contributed by atoms with van der Waals surface area (Å²) in [6.07, 6.45) is 1.91. The monoisotopic (exact) mass is 245 g/mol. The Balaban J connectivity index is 2.99. The number of aliphatic hydroxyl groups excluding tert-OH is 1. The van der Waals surface area contributed by atoms with Gasteiger partial charge in [-0.25, -0.2) is 18.1 Å². The standard InChI is InChI=1S/C9H15N3O3S/c1-2-7(6-13)12-16(14,15)8-4-3-5-11-9(8)10/h3-5,7,12-13H,2,6H2,1H3,(H2,10,11)/t7-/m1/s1. The maximum atomic E-state index is 11.8. The van der Waals surface area contributed by atoms with Crippen molar-refractivity contribution < 1.29 is 13.5 Å². The minimum Gasteiger partial charge on any atom is -0.395 e. The molecule has 0 aromatic carbocycles. The lowest BCUT2D eigenvalue weighted by molar-refractivity contribution is 0.254. The Morgan fingerprint density at radius 3 is 2.81 bits per heavy atom. The number of nitrogens with one attached hydrogen (secondary N) is 1. The zero-order chi connectivity index (χ0) is 12.2. The second-order valence-electron chi connectivity index (χ2n) is 3.30. The molecular weight excluding hydrogens is 230 g/mol. The number of aromatic nitrogens is 1. The summed E-state index contributed by atoms with van der Waals surface area (Å²) in [6, 6.07) is 2.35. The topological polar surface area (TPSA) is 105 Å². The number of sulfonamides is 1. The summed E-state index contributed by atoms with van der Waals surface area (Å²) in [5.74, 6) is -0.0530. The number of hydrogen-bond donors (Lipinski definition) is 3. The van der Waals surface area contributed by atoms with Crippen LogP contribution in [0.2, 0.25) is 0 Å². The van der Waals surface area contributed by atoms with Crippen LogP contribution in [0, 0.1) is 0 Å². The van der Waals surface area contributed by atoms with Crippen LogP contribution in [0.3, 0.4) is 0 Å². The number of nitrogen functional groups attached to an aromatic ring is 1. The van der Waals surface area contributed by atoms with E-state index < -0.39 is 16.1 Å². The number of nitrogens with two attached hydrogens (primary N) is 1. The summed E-state index contributed by atoms with van der Waals surface area (Å²) >= 11 is 0. The maximum Gasteiger partial charge on any atom is 0.244 e. The molecule has 1 aromatic heterocycles. The van der Waals surface area contributed by atoms with Gasteiger partial charge >= 0.3 is 0 Å². The molecule has 90 valence electrons. The molecule has 0 saturated carbocycles. The van der Waals surface area contributed by atoms with Crippen LogP contribution in [-0.4, -0.2) is 31.2 Å². The van der Waals surface area contributed by atoms with Gasteiger partial charge in [-0.1, -0.05) is 6.92 Å². The average molecular weight is 245 g/mol. The summed E-state index contributed by atoms with van der Waals surface area (Å²) in [7, 11) is -3.71. The van der Waals surface area contributed by atoms with E-state index in [0.717, 1.165) is 0 Å². The average Bonchev–Trinajstić information content (AvgIpc) is 2.26. The molecular formula is C9H15N3O3S. The van der Waals surface area contributed by atoms with E-state index in [0.29, 0.717) is 6.42 Å². The molecule has 0 bridgehead atoms. The van der Waals surface area contributed by atoms with Crippen molar-refractivity contribution in [3.8, 4) is 0 Å². The first-order valence-corrected chi connectivity index (χ1v) is 6.33. The van der Waals surface area contributed by atoms with Crippen molar-refractivity contribution in [1.29, 1.82) is 0 Å². The molecule has 6 nitrogen and oxygen atoms in total. The molecule has 1 rings (SSSR count). The third-order valence-electron chi connectivity index (χ3n) is 2.12. The van der Waals surface area contributed by atoms with Crippen molar-refractivity contribution in [1.82, 2.24) is 9.71 Å². The van der Waals surface area contributed by atoms with Crippen LogP contribution in [0.4, 0.5) is 5.82 Å². The summed E-state index contributed by atoms with van der Waals surface area (Å²) in [6.45, 7) is 1.52. The van der Waals surface area contributed by atoms with Gasteiger partial charge in [0.15, 0.2) is 0 Å². The van der Waals surface area contributed by atoms with E-state index >= 15 is 0 Å². The third-order valence-corrected chi connectivity index (χ3v) is 3.69. The number of anilines is 1. The highest BCUT2D eigenvalue weighted by molar-refractivity contribution is 7.89. The Bertz CT molecular complexity index is 443. The number of nitrogens with zero attached hydrogens (tertiary/aromatic N) is 1. The molecule has 1 heterocycles. The van der Waals surface area contributed by atoms with E-state index in [4.69, 9.17) is 10.8 Å². The molecule has 0 fully saturated rings. The molecule has 0 aliphatic carbocycles. The largest absolute Gasteiger partial charge is 0.395 e. The molecule has 7 heteroatoms. The first kappa shape index (κ1) is 12.9.